The lowest BCUT2D eigenvalue weighted by Crippen LogP contribution is -2.20. The molecule has 1 aliphatic carbocycles. The smallest absolute Gasteiger partial charge is 0.144 e. The van der Waals surface area contributed by atoms with Gasteiger partial charge in [-0.1, -0.05) is 38.1 Å². The second-order valence-electron chi connectivity index (χ2n) is 11.3. The van der Waals surface area contributed by atoms with Gasteiger partial charge in [-0.15, -0.1) is 0 Å². The molecule has 0 saturated heterocycles. The van der Waals surface area contributed by atoms with Gasteiger partial charge in [-0.05, 0) is 110 Å². The largest absolute Gasteiger partial charge is 0.455 e. The molecule has 0 unspecified atom stereocenters. The van der Waals surface area contributed by atoms with Crippen molar-refractivity contribution >= 4 is 32.8 Å². The molecule has 1 aliphatic rings. The number of furan rings is 1. The summed E-state index contributed by atoms with van der Waals surface area (Å²) in [4.78, 5) is 5.25. The minimum absolute atomic E-state index is 0.449. The average Bonchev–Trinajstić information content (AvgIpc) is 3.16. The van der Waals surface area contributed by atoms with Crippen LogP contribution in [-0.4, -0.2) is 4.98 Å². The van der Waals surface area contributed by atoms with Crippen LogP contribution in [-0.2, 0) is 0 Å². The normalized spacial score (nSPS) is 16.6. The van der Waals surface area contributed by atoms with Crippen molar-refractivity contribution in [2.45, 2.75) is 66.2 Å². The Hall–Kier alpha value is -3.13. The van der Waals surface area contributed by atoms with Crippen LogP contribution in [0.4, 0.5) is 0 Å². The van der Waals surface area contributed by atoms with Crippen LogP contribution in [0.5, 0.6) is 0 Å². The van der Waals surface area contributed by atoms with E-state index < -0.39 is 0 Å². The number of nitrogens with zero attached hydrogens (tertiary/aromatic N) is 1. The first-order chi connectivity index (χ1) is 16.3. The van der Waals surface area contributed by atoms with Crippen LogP contribution < -0.4 is 0 Å². The molecule has 1 fully saturated rings. The van der Waals surface area contributed by atoms with Crippen molar-refractivity contribution in [3.05, 3.63) is 76.9 Å². The maximum Gasteiger partial charge on any atom is 0.144 e. The molecule has 5 aromatic rings. The lowest BCUT2D eigenvalue weighted by atomic mass is 9.70. The van der Waals surface area contributed by atoms with Crippen molar-refractivity contribution in [3.63, 3.8) is 0 Å². The lowest BCUT2D eigenvalue weighted by molar-refractivity contribution is 0.225. The van der Waals surface area contributed by atoms with Crippen molar-refractivity contribution in [2.75, 3.05) is 0 Å². The van der Waals surface area contributed by atoms with Crippen LogP contribution in [0.25, 0.3) is 44.1 Å². The van der Waals surface area contributed by atoms with Crippen molar-refractivity contribution in [3.8, 4) is 11.3 Å². The molecule has 0 amide bonds. The number of pyridine rings is 1. The Bertz CT molecular complexity index is 1560. The average molecular weight is 448 g/mol. The molecule has 0 bridgehead atoms. The van der Waals surface area contributed by atoms with Gasteiger partial charge in [0.1, 0.15) is 11.2 Å². The zero-order chi connectivity index (χ0) is 23.6. The van der Waals surface area contributed by atoms with Crippen molar-refractivity contribution < 1.29 is 4.42 Å². The predicted octanol–water partition coefficient (Wildman–Crippen LogP) is 9.41. The van der Waals surface area contributed by atoms with E-state index in [0.29, 0.717) is 11.3 Å². The Labute approximate surface area is 202 Å². The molecule has 2 heteroatoms. The Morgan fingerprint density at radius 3 is 2.38 bits per heavy atom. The third-order valence-electron chi connectivity index (χ3n) is 7.96. The molecule has 2 heterocycles. The molecular formula is C32H33NO. The second-order valence-corrected chi connectivity index (χ2v) is 11.3. The third-order valence-corrected chi connectivity index (χ3v) is 7.96. The van der Waals surface area contributed by atoms with E-state index in [9.17, 15) is 0 Å². The lowest BCUT2D eigenvalue weighted by Gasteiger charge is -2.35. The van der Waals surface area contributed by atoms with Crippen LogP contribution >= 0.6 is 0 Å². The predicted molar refractivity (Wildman–Crippen MR) is 144 cm³/mol. The van der Waals surface area contributed by atoms with Crippen LogP contribution in [0.3, 0.4) is 0 Å². The summed E-state index contributed by atoms with van der Waals surface area (Å²) in [6.45, 7) is 11.4. The Morgan fingerprint density at radius 2 is 1.59 bits per heavy atom. The highest BCUT2D eigenvalue weighted by Crippen LogP contribution is 2.46. The molecule has 0 spiro atoms. The van der Waals surface area contributed by atoms with Gasteiger partial charge in [-0.3, -0.25) is 0 Å². The molecule has 6 rings (SSSR count). The second kappa shape index (κ2) is 7.70. The van der Waals surface area contributed by atoms with E-state index in [1.54, 1.807) is 0 Å². The third kappa shape index (κ3) is 3.52. The maximum absolute atomic E-state index is 6.43. The molecule has 0 atom stereocenters. The summed E-state index contributed by atoms with van der Waals surface area (Å²) in [6.07, 6.45) is 5.04. The minimum Gasteiger partial charge on any atom is -0.455 e. The van der Waals surface area contributed by atoms with Crippen molar-refractivity contribution in [1.29, 1.82) is 0 Å². The van der Waals surface area contributed by atoms with E-state index in [2.05, 4.69) is 83.1 Å². The zero-order valence-electron chi connectivity index (χ0n) is 21.0. The summed E-state index contributed by atoms with van der Waals surface area (Å²) >= 11 is 0. The van der Waals surface area contributed by atoms with Gasteiger partial charge in [0, 0.05) is 21.7 Å². The fourth-order valence-corrected chi connectivity index (χ4v) is 6.12. The van der Waals surface area contributed by atoms with Gasteiger partial charge in [-0.25, -0.2) is 4.98 Å². The van der Waals surface area contributed by atoms with Gasteiger partial charge < -0.3 is 4.42 Å². The highest BCUT2D eigenvalue weighted by Gasteiger charge is 2.29. The van der Waals surface area contributed by atoms with E-state index in [0.717, 1.165) is 27.9 Å². The fraction of sp³-hybridized carbons (Fsp3) is 0.344. The first-order valence-electron chi connectivity index (χ1n) is 12.6. The van der Waals surface area contributed by atoms with Gasteiger partial charge in [0.05, 0.1) is 11.2 Å². The fourth-order valence-electron chi connectivity index (χ4n) is 6.12. The summed E-state index contributed by atoms with van der Waals surface area (Å²) in [7, 11) is 0. The van der Waals surface area contributed by atoms with E-state index in [4.69, 9.17) is 9.40 Å². The summed E-state index contributed by atoms with van der Waals surface area (Å²) in [5, 5.41) is 3.70. The van der Waals surface area contributed by atoms with Gasteiger partial charge in [0.25, 0.3) is 0 Å². The number of aromatic nitrogens is 1. The SMILES string of the molecule is Cc1cc(C)c2c(C3CCC(C)(C)CC3)cc(-c3cc(C)cc4c3oc3ccccc34)nc2c1. The molecule has 0 N–H and O–H groups in total. The van der Waals surface area contributed by atoms with E-state index in [1.807, 2.05) is 6.07 Å². The van der Waals surface area contributed by atoms with Gasteiger partial charge >= 0.3 is 0 Å². The summed E-state index contributed by atoms with van der Waals surface area (Å²) < 4.78 is 6.43. The Balaban J connectivity index is 1.62. The molecule has 3 aromatic carbocycles. The highest BCUT2D eigenvalue weighted by molar-refractivity contribution is 6.10. The number of hydrogen-bond donors (Lipinski definition) is 0. The molecule has 172 valence electrons. The molecular weight excluding hydrogens is 414 g/mol. The summed E-state index contributed by atoms with van der Waals surface area (Å²) in [5.74, 6) is 0.578. The van der Waals surface area contributed by atoms with Crippen LogP contribution in [0, 0.1) is 26.2 Å². The van der Waals surface area contributed by atoms with Gasteiger partial charge in [0.15, 0.2) is 0 Å². The maximum atomic E-state index is 6.43. The zero-order valence-corrected chi connectivity index (χ0v) is 21.0. The Kier molecular flexibility index (Phi) is 4.85. The molecule has 34 heavy (non-hydrogen) atoms. The van der Waals surface area contributed by atoms with E-state index >= 15 is 0 Å². The molecule has 0 aliphatic heterocycles. The van der Waals surface area contributed by atoms with Gasteiger partial charge in [-0.2, -0.15) is 0 Å². The van der Waals surface area contributed by atoms with Crippen LogP contribution in [0.15, 0.2) is 59.0 Å². The molecule has 0 radical (unpaired) electrons. The highest BCUT2D eigenvalue weighted by atomic mass is 16.3. The Morgan fingerprint density at radius 1 is 0.853 bits per heavy atom. The van der Waals surface area contributed by atoms with Crippen LogP contribution in [0.1, 0.15) is 67.7 Å². The first-order valence-corrected chi connectivity index (χ1v) is 12.6. The molecule has 2 nitrogen and oxygen atoms in total. The van der Waals surface area contributed by atoms with Crippen molar-refractivity contribution in [1.82, 2.24) is 4.98 Å². The molecule has 2 aromatic heterocycles. The topological polar surface area (TPSA) is 26.0 Å². The number of hydrogen-bond acceptors (Lipinski definition) is 2. The number of aryl methyl sites for hydroxylation is 3. The number of rotatable bonds is 2. The minimum atomic E-state index is 0.449. The van der Waals surface area contributed by atoms with E-state index in [1.165, 1.54) is 64.1 Å². The number of para-hydroxylation sites is 1. The van der Waals surface area contributed by atoms with E-state index in [-0.39, 0.29) is 0 Å². The van der Waals surface area contributed by atoms with Gasteiger partial charge in [0.2, 0.25) is 0 Å². The first kappa shape index (κ1) is 21.4. The van der Waals surface area contributed by atoms with Crippen molar-refractivity contribution in [2.24, 2.45) is 5.41 Å². The summed E-state index contributed by atoms with van der Waals surface area (Å²) in [5.41, 5.74) is 10.9. The molecule has 1 saturated carbocycles. The standard InChI is InChI=1S/C32H33NO/c1-19-14-21(3)30-24(22-10-12-32(4,5)13-11-22)18-27(33-28(30)17-19)26-16-20(2)15-25-23-8-6-7-9-29(23)34-31(25)26/h6-9,14-18,22H,10-13H2,1-5H3. The number of benzene rings is 3. The number of fused-ring (bicyclic) bond motifs is 4. The summed E-state index contributed by atoms with van der Waals surface area (Å²) in [6, 6.07) is 19.8. The monoisotopic (exact) mass is 447 g/mol. The quantitative estimate of drug-likeness (QED) is 0.269. The van der Waals surface area contributed by atoms with Crippen LogP contribution in [0.2, 0.25) is 0 Å².